The van der Waals surface area contributed by atoms with Crippen LogP contribution in [0.4, 0.5) is 11.6 Å². The summed E-state index contributed by atoms with van der Waals surface area (Å²) in [5, 5.41) is 1.39. The number of aryl methyl sites for hydroxylation is 1. The van der Waals surface area contributed by atoms with E-state index in [0.29, 0.717) is 11.9 Å². The van der Waals surface area contributed by atoms with Crippen LogP contribution in [0, 0.1) is 6.92 Å². The lowest BCUT2D eigenvalue weighted by Crippen LogP contribution is -2.23. The van der Waals surface area contributed by atoms with Gasteiger partial charge in [0.15, 0.2) is 0 Å². The highest BCUT2D eigenvalue weighted by atomic mass is 16.7. The van der Waals surface area contributed by atoms with E-state index in [0.717, 1.165) is 29.9 Å². The number of para-hydroxylation sites is 1. The van der Waals surface area contributed by atoms with Gasteiger partial charge < -0.3 is 4.84 Å². The molecule has 0 radical (unpaired) electrons. The monoisotopic (exact) mass is 283 g/mol. The van der Waals surface area contributed by atoms with Crippen molar-refractivity contribution in [2.24, 2.45) is 0 Å². The lowest BCUT2D eigenvalue weighted by Gasteiger charge is -2.21. The second kappa shape index (κ2) is 5.52. The molecule has 21 heavy (non-hydrogen) atoms. The first-order chi connectivity index (χ1) is 10.1. The van der Waals surface area contributed by atoms with Crippen molar-refractivity contribution in [2.45, 2.75) is 32.6 Å². The maximum atomic E-state index is 11.4. The summed E-state index contributed by atoms with van der Waals surface area (Å²) in [6.07, 6.45) is 2.32. The minimum Gasteiger partial charge on any atom is -0.333 e. The van der Waals surface area contributed by atoms with Crippen molar-refractivity contribution in [3.8, 4) is 0 Å². The molecule has 1 aliphatic rings. The number of hydrogen-bond acceptors (Lipinski definition) is 5. The second-order valence-corrected chi connectivity index (χ2v) is 5.22. The summed E-state index contributed by atoms with van der Waals surface area (Å²) in [6.45, 7) is 3.29. The quantitative estimate of drug-likeness (QED) is 0.806. The predicted molar refractivity (Wildman–Crippen MR) is 79.1 cm³/mol. The van der Waals surface area contributed by atoms with Gasteiger partial charge in [-0.25, -0.2) is 14.8 Å². The lowest BCUT2D eigenvalue weighted by atomic mass is 10.2. The second-order valence-electron chi connectivity index (χ2n) is 5.22. The molecule has 1 aromatic carbocycles. The zero-order valence-electron chi connectivity index (χ0n) is 12.1. The van der Waals surface area contributed by atoms with Crippen LogP contribution in [0.15, 0.2) is 36.4 Å². The Labute approximate surface area is 123 Å². The molecule has 0 aliphatic heterocycles. The van der Waals surface area contributed by atoms with E-state index in [-0.39, 0.29) is 0 Å². The maximum absolute atomic E-state index is 11.4. The molecule has 2 aromatic rings. The van der Waals surface area contributed by atoms with Gasteiger partial charge >= 0.3 is 5.97 Å². The van der Waals surface area contributed by atoms with Crippen LogP contribution in [0.1, 0.15) is 37.1 Å². The summed E-state index contributed by atoms with van der Waals surface area (Å²) >= 11 is 0. The molecule has 0 bridgehead atoms. The molecule has 5 heteroatoms. The number of carbonyl (C=O) groups excluding carboxylic acids is 1. The average Bonchev–Trinajstić information content (AvgIpc) is 3.29. The number of rotatable bonds is 4. The molecule has 1 fully saturated rings. The molecule has 1 saturated carbocycles. The molecule has 0 unspecified atom stereocenters. The van der Waals surface area contributed by atoms with Gasteiger partial charge in [-0.3, -0.25) is 0 Å². The van der Waals surface area contributed by atoms with E-state index in [1.165, 1.54) is 12.0 Å². The first kappa shape index (κ1) is 13.5. The molecule has 0 amide bonds. The van der Waals surface area contributed by atoms with Crippen LogP contribution in [-0.4, -0.2) is 15.9 Å². The lowest BCUT2D eigenvalue weighted by molar-refractivity contribution is -0.141. The standard InChI is InChI=1S/C16H17N3O2/c1-11-10-15(13-8-9-13)18-16(17-11)19(21-12(2)20)14-6-4-3-5-7-14/h3-7,10,13H,8-9H2,1-2H3. The minimum absolute atomic E-state index is 0.401. The van der Waals surface area contributed by atoms with E-state index in [2.05, 4.69) is 9.97 Å². The Morgan fingerprint density at radius 2 is 1.95 bits per heavy atom. The first-order valence-electron chi connectivity index (χ1n) is 7.03. The Morgan fingerprint density at radius 3 is 2.57 bits per heavy atom. The molecule has 0 saturated heterocycles. The average molecular weight is 283 g/mol. The zero-order chi connectivity index (χ0) is 14.8. The Hall–Kier alpha value is -2.43. The fraction of sp³-hybridized carbons (Fsp3) is 0.312. The van der Waals surface area contributed by atoms with Gasteiger partial charge in [0.25, 0.3) is 5.95 Å². The van der Waals surface area contributed by atoms with Crippen LogP contribution >= 0.6 is 0 Å². The molecular weight excluding hydrogens is 266 g/mol. The summed E-state index contributed by atoms with van der Waals surface area (Å²) < 4.78 is 0. The molecule has 108 valence electrons. The minimum atomic E-state index is -0.406. The number of aromatic nitrogens is 2. The van der Waals surface area contributed by atoms with Crippen molar-refractivity contribution >= 4 is 17.6 Å². The van der Waals surface area contributed by atoms with Crippen LogP contribution in [0.2, 0.25) is 0 Å². The van der Waals surface area contributed by atoms with Crippen LogP contribution in [0.25, 0.3) is 0 Å². The van der Waals surface area contributed by atoms with Crippen molar-refractivity contribution < 1.29 is 9.63 Å². The Morgan fingerprint density at radius 1 is 1.24 bits per heavy atom. The fourth-order valence-electron chi connectivity index (χ4n) is 2.16. The third-order valence-electron chi connectivity index (χ3n) is 3.25. The highest BCUT2D eigenvalue weighted by molar-refractivity contribution is 5.69. The number of carbonyl (C=O) groups is 1. The molecule has 3 rings (SSSR count). The van der Waals surface area contributed by atoms with Gasteiger partial charge in [-0.05, 0) is 38.0 Å². The predicted octanol–water partition coefficient (Wildman–Crippen LogP) is 3.28. The van der Waals surface area contributed by atoms with Crippen LogP contribution < -0.4 is 5.06 Å². The van der Waals surface area contributed by atoms with E-state index in [9.17, 15) is 4.79 Å². The highest BCUT2D eigenvalue weighted by Crippen LogP contribution is 2.39. The van der Waals surface area contributed by atoms with E-state index in [1.54, 1.807) is 0 Å². The Kier molecular flexibility index (Phi) is 3.56. The van der Waals surface area contributed by atoms with E-state index in [1.807, 2.05) is 43.3 Å². The molecule has 1 aromatic heterocycles. The van der Waals surface area contributed by atoms with Crippen molar-refractivity contribution in [1.29, 1.82) is 0 Å². The number of anilines is 2. The van der Waals surface area contributed by atoms with E-state index < -0.39 is 5.97 Å². The third kappa shape index (κ3) is 3.18. The zero-order valence-corrected chi connectivity index (χ0v) is 12.1. The third-order valence-corrected chi connectivity index (χ3v) is 3.25. The molecule has 0 N–H and O–H groups in total. The van der Waals surface area contributed by atoms with Crippen LogP contribution in [0.3, 0.4) is 0 Å². The van der Waals surface area contributed by atoms with Crippen molar-refractivity contribution in [2.75, 3.05) is 5.06 Å². The van der Waals surface area contributed by atoms with Gasteiger partial charge in [-0.1, -0.05) is 18.2 Å². The molecular formula is C16H17N3O2. The highest BCUT2D eigenvalue weighted by Gasteiger charge is 2.27. The molecule has 0 spiro atoms. The van der Waals surface area contributed by atoms with E-state index >= 15 is 0 Å². The first-order valence-corrected chi connectivity index (χ1v) is 7.03. The fourth-order valence-corrected chi connectivity index (χ4v) is 2.16. The van der Waals surface area contributed by atoms with Crippen molar-refractivity contribution in [1.82, 2.24) is 9.97 Å². The summed E-state index contributed by atoms with van der Waals surface area (Å²) in [4.78, 5) is 25.7. The largest absolute Gasteiger partial charge is 0.333 e. The molecule has 5 nitrogen and oxygen atoms in total. The number of nitrogens with zero attached hydrogens (tertiary/aromatic N) is 3. The molecule has 1 aliphatic carbocycles. The number of hydrogen-bond donors (Lipinski definition) is 0. The SMILES string of the molecule is CC(=O)ON(c1ccccc1)c1nc(C)cc(C2CC2)n1. The Balaban J connectivity index is 2.01. The summed E-state index contributed by atoms with van der Waals surface area (Å²) in [7, 11) is 0. The maximum Gasteiger partial charge on any atom is 0.330 e. The van der Waals surface area contributed by atoms with Gasteiger partial charge in [0.1, 0.15) is 0 Å². The summed E-state index contributed by atoms with van der Waals surface area (Å²) in [5.74, 6) is 0.510. The summed E-state index contributed by atoms with van der Waals surface area (Å²) in [6, 6.07) is 11.4. The van der Waals surface area contributed by atoms with Gasteiger partial charge in [0.2, 0.25) is 0 Å². The van der Waals surface area contributed by atoms with Crippen molar-refractivity contribution in [3.63, 3.8) is 0 Å². The normalized spacial score (nSPS) is 13.8. The van der Waals surface area contributed by atoms with Crippen LogP contribution in [-0.2, 0) is 9.63 Å². The van der Waals surface area contributed by atoms with Gasteiger partial charge in [0.05, 0.1) is 5.69 Å². The Bertz CT molecular complexity index is 654. The summed E-state index contributed by atoms with van der Waals surface area (Å²) in [5.41, 5.74) is 2.61. The topological polar surface area (TPSA) is 55.3 Å². The van der Waals surface area contributed by atoms with Crippen LogP contribution in [0.5, 0.6) is 0 Å². The smallest absolute Gasteiger partial charge is 0.330 e. The molecule has 1 heterocycles. The van der Waals surface area contributed by atoms with Gasteiger partial charge in [-0.15, -0.1) is 5.06 Å². The van der Waals surface area contributed by atoms with Gasteiger partial charge in [-0.2, -0.15) is 0 Å². The van der Waals surface area contributed by atoms with Crippen molar-refractivity contribution in [3.05, 3.63) is 47.8 Å². The molecule has 0 atom stereocenters. The van der Waals surface area contributed by atoms with Gasteiger partial charge in [0, 0.05) is 24.2 Å². The number of benzene rings is 1. The van der Waals surface area contributed by atoms with E-state index in [4.69, 9.17) is 4.84 Å².